The molecule has 0 saturated carbocycles. The lowest BCUT2D eigenvalue weighted by Crippen LogP contribution is -2.35. The van der Waals surface area contributed by atoms with Gasteiger partial charge in [0.1, 0.15) is 11.5 Å². The summed E-state index contributed by atoms with van der Waals surface area (Å²) in [5, 5.41) is 0. The Bertz CT molecular complexity index is 2120. The van der Waals surface area contributed by atoms with E-state index in [2.05, 4.69) is 157 Å². The molecule has 200 valence electrons. The third kappa shape index (κ3) is 2.93. The molecule has 1 atom stereocenters. The molecule has 1 heterocycles. The van der Waals surface area contributed by atoms with Crippen LogP contribution < -0.4 is 4.74 Å². The highest BCUT2D eigenvalue weighted by Gasteiger charge is 2.50. The van der Waals surface area contributed by atoms with Crippen LogP contribution in [0.2, 0.25) is 0 Å². The summed E-state index contributed by atoms with van der Waals surface area (Å²) in [6, 6.07) is 47.0. The Morgan fingerprint density at radius 1 is 0.429 bits per heavy atom. The number of ether oxygens (including phenoxy) is 1. The van der Waals surface area contributed by atoms with E-state index in [1.165, 1.54) is 66.8 Å². The van der Waals surface area contributed by atoms with Gasteiger partial charge in [0, 0.05) is 21.0 Å². The monoisotopic (exact) mass is 602 g/mol. The molecule has 0 N–H and O–H groups in total. The van der Waals surface area contributed by atoms with Gasteiger partial charge in [0.2, 0.25) is 0 Å². The van der Waals surface area contributed by atoms with E-state index in [0.29, 0.717) is 0 Å². The number of benzene rings is 6. The average molecular weight is 604 g/mol. The molecular formula is C40H27BrO. The standard InChI is InChI=1S/C40H27BrO/c1-39(2)31-15-7-5-14-28(31)30-22-36-38(23-35(30)39)42-37-18-10-9-17-34(37)40(36)32-16-8-6-13-27(32)25-11-3-4-12-26(25)29-21-24(41)19-20-33(29)40/h3-23H,1-2H3. The summed E-state index contributed by atoms with van der Waals surface area (Å²) in [5.41, 5.74) is 14.5. The topological polar surface area (TPSA) is 9.23 Å². The third-order valence-electron chi connectivity index (χ3n) is 9.82. The van der Waals surface area contributed by atoms with Gasteiger partial charge in [0.05, 0.1) is 5.41 Å². The Morgan fingerprint density at radius 2 is 0.976 bits per heavy atom. The first-order valence-corrected chi connectivity index (χ1v) is 15.3. The second-order valence-corrected chi connectivity index (χ2v) is 13.1. The van der Waals surface area contributed by atoms with Gasteiger partial charge in [-0.1, -0.05) is 127 Å². The summed E-state index contributed by atoms with van der Waals surface area (Å²) < 4.78 is 7.96. The predicted molar refractivity (Wildman–Crippen MR) is 175 cm³/mol. The molecule has 0 amide bonds. The molecule has 6 aromatic rings. The van der Waals surface area contributed by atoms with Crippen LogP contribution in [0.15, 0.2) is 132 Å². The number of para-hydroxylation sites is 1. The van der Waals surface area contributed by atoms with Gasteiger partial charge in [-0.2, -0.15) is 0 Å². The average Bonchev–Trinajstić information content (AvgIpc) is 3.18. The van der Waals surface area contributed by atoms with Gasteiger partial charge >= 0.3 is 0 Å². The summed E-state index contributed by atoms with van der Waals surface area (Å²) in [7, 11) is 0. The zero-order valence-corrected chi connectivity index (χ0v) is 25.0. The predicted octanol–water partition coefficient (Wildman–Crippen LogP) is 10.9. The Balaban J connectivity index is 1.51. The highest BCUT2D eigenvalue weighted by Crippen LogP contribution is 2.63. The van der Waals surface area contributed by atoms with Crippen molar-refractivity contribution in [2.24, 2.45) is 0 Å². The fourth-order valence-electron chi connectivity index (χ4n) is 8.02. The van der Waals surface area contributed by atoms with Crippen LogP contribution in [0.1, 0.15) is 47.2 Å². The van der Waals surface area contributed by atoms with Crippen molar-refractivity contribution in [1.82, 2.24) is 0 Å². The summed E-state index contributed by atoms with van der Waals surface area (Å²) in [5.74, 6) is 1.84. The van der Waals surface area contributed by atoms with Crippen LogP contribution in [0, 0.1) is 0 Å². The van der Waals surface area contributed by atoms with Gasteiger partial charge in [0.25, 0.3) is 0 Å². The molecular weight excluding hydrogens is 576 g/mol. The molecule has 0 saturated heterocycles. The Kier molecular flexibility index (Phi) is 4.81. The molecule has 1 spiro atoms. The lowest BCUT2D eigenvalue weighted by Gasteiger charge is -2.43. The maximum absolute atomic E-state index is 6.88. The van der Waals surface area contributed by atoms with Crippen molar-refractivity contribution >= 4 is 15.9 Å². The van der Waals surface area contributed by atoms with E-state index in [9.17, 15) is 0 Å². The van der Waals surface area contributed by atoms with Gasteiger partial charge < -0.3 is 4.74 Å². The number of hydrogen-bond donors (Lipinski definition) is 0. The van der Waals surface area contributed by atoms with Gasteiger partial charge in [-0.15, -0.1) is 0 Å². The van der Waals surface area contributed by atoms with Crippen molar-refractivity contribution in [2.45, 2.75) is 24.7 Å². The maximum Gasteiger partial charge on any atom is 0.132 e. The molecule has 6 aromatic carbocycles. The van der Waals surface area contributed by atoms with E-state index in [1.54, 1.807) is 0 Å². The number of fused-ring (bicyclic) bond motifs is 14. The van der Waals surface area contributed by atoms with Crippen molar-refractivity contribution in [3.05, 3.63) is 165 Å². The van der Waals surface area contributed by atoms with Crippen LogP contribution in [0.25, 0.3) is 33.4 Å². The molecule has 0 radical (unpaired) electrons. The van der Waals surface area contributed by atoms with Crippen molar-refractivity contribution < 1.29 is 4.74 Å². The molecule has 9 rings (SSSR count). The van der Waals surface area contributed by atoms with Crippen LogP contribution in [0.4, 0.5) is 0 Å². The highest BCUT2D eigenvalue weighted by atomic mass is 79.9. The van der Waals surface area contributed by atoms with Crippen LogP contribution in [0.5, 0.6) is 11.5 Å². The van der Waals surface area contributed by atoms with Crippen LogP contribution in [-0.2, 0) is 10.8 Å². The molecule has 2 aliphatic carbocycles. The van der Waals surface area contributed by atoms with Gasteiger partial charge in [-0.25, -0.2) is 0 Å². The first kappa shape index (κ1) is 24.2. The largest absolute Gasteiger partial charge is 0.457 e. The Morgan fingerprint density at radius 3 is 1.74 bits per heavy atom. The Hall–Kier alpha value is -4.40. The first-order valence-electron chi connectivity index (χ1n) is 14.5. The minimum absolute atomic E-state index is 0.116. The maximum atomic E-state index is 6.88. The van der Waals surface area contributed by atoms with Gasteiger partial charge in [0.15, 0.2) is 0 Å². The molecule has 0 fully saturated rings. The van der Waals surface area contributed by atoms with E-state index in [1.807, 2.05) is 0 Å². The second-order valence-electron chi connectivity index (χ2n) is 12.2. The van der Waals surface area contributed by atoms with Crippen LogP contribution in [0.3, 0.4) is 0 Å². The fraction of sp³-hybridized carbons (Fsp3) is 0.100. The van der Waals surface area contributed by atoms with E-state index in [0.717, 1.165) is 16.0 Å². The molecule has 1 nitrogen and oxygen atoms in total. The number of rotatable bonds is 0. The fourth-order valence-corrected chi connectivity index (χ4v) is 8.38. The smallest absolute Gasteiger partial charge is 0.132 e. The van der Waals surface area contributed by atoms with E-state index in [4.69, 9.17) is 4.74 Å². The zero-order chi connectivity index (χ0) is 28.2. The highest BCUT2D eigenvalue weighted by molar-refractivity contribution is 9.10. The number of halogens is 1. The summed E-state index contributed by atoms with van der Waals surface area (Å²) >= 11 is 3.83. The van der Waals surface area contributed by atoms with Crippen LogP contribution in [-0.4, -0.2) is 0 Å². The molecule has 2 heteroatoms. The quantitative estimate of drug-likeness (QED) is 0.168. The van der Waals surface area contributed by atoms with Crippen molar-refractivity contribution in [3.63, 3.8) is 0 Å². The SMILES string of the molecule is CC1(C)c2ccccc2-c2cc3c(cc21)Oc1ccccc1C31c2ccccc2-c2ccccc2-c2cc(Br)ccc21. The zero-order valence-electron chi connectivity index (χ0n) is 23.4. The third-order valence-corrected chi connectivity index (χ3v) is 10.3. The van der Waals surface area contributed by atoms with E-state index >= 15 is 0 Å². The van der Waals surface area contributed by atoms with Crippen molar-refractivity contribution in [2.75, 3.05) is 0 Å². The van der Waals surface area contributed by atoms with Crippen molar-refractivity contribution in [3.8, 4) is 44.9 Å². The van der Waals surface area contributed by atoms with Gasteiger partial charge in [-0.3, -0.25) is 0 Å². The minimum Gasteiger partial charge on any atom is -0.457 e. The molecule has 1 unspecified atom stereocenters. The summed E-state index contributed by atoms with van der Waals surface area (Å²) in [6.07, 6.45) is 0. The van der Waals surface area contributed by atoms with Gasteiger partial charge in [-0.05, 0) is 86.0 Å². The minimum atomic E-state index is -0.591. The molecule has 42 heavy (non-hydrogen) atoms. The lowest BCUT2D eigenvalue weighted by atomic mass is 9.61. The van der Waals surface area contributed by atoms with E-state index < -0.39 is 5.41 Å². The molecule has 0 bridgehead atoms. The summed E-state index contributed by atoms with van der Waals surface area (Å²) in [6.45, 7) is 4.67. The molecule has 0 aromatic heterocycles. The van der Waals surface area contributed by atoms with E-state index in [-0.39, 0.29) is 5.41 Å². The normalized spacial score (nSPS) is 17.9. The Labute approximate surface area is 254 Å². The second kappa shape index (κ2) is 8.33. The summed E-state index contributed by atoms with van der Waals surface area (Å²) in [4.78, 5) is 0. The lowest BCUT2D eigenvalue weighted by molar-refractivity contribution is 0.433. The van der Waals surface area contributed by atoms with Crippen molar-refractivity contribution in [1.29, 1.82) is 0 Å². The number of hydrogen-bond acceptors (Lipinski definition) is 1. The molecule has 1 aliphatic heterocycles. The molecule has 3 aliphatic rings. The van der Waals surface area contributed by atoms with Crippen LogP contribution >= 0.6 is 15.9 Å². The first-order chi connectivity index (χ1) is 20.5.